The third-order valence-electron chi connectivity index (χ3n) is 4.62. The van der Waals surface area contributed by atoms with E-state index in [2.05, 4.69) is 0 Å². The van der Waals surface area contributed by atoms with Crippen LogP contribution in [0.5, 0.6) is 0 Å². The minimum atomic E-state index is -4.36. The van der Waals surface area contributed by atoms with E-state index in [0.29, 0.717) is 36.9 Å². The molecule has 1 heterocycles. The van der Waals surface area contributed by atoms with Gasteiger partial charge in [0, 0.05) is 36.8 Å². The Labute approximate surface area is 171 Å². The normalized spacial score (nSPS) is 16.2. The molecule has 0 radical (unpaired) electrons. The van der Waals surface area contributed by atoms with Gasteiger partial charge in [0.15, 0.2) is 0 Å². The molecule has 1 saturated heterocycles. The number of thioether (sulfide) groups is 1. The standard InChI is InChI=1S/C20H20ClF3N2OS/c1-14(28-18-8-3-2-7-17(18)21)19(27)26-11-9-25(10-12-26)16-6-4-5-15(13-16)20(22,23)24/h2-8,13-14H,9-12H2,1H3. The first kappa shape index (κ1) is 20.9. The molecule has 0 N–H and O–H groups in total. The molecule has 0 saturated carbocycles. The summed E-state index contributed by atoms with van der Waals surface area (Å²) in [7, 11) is 0. The number of hydrogen-bond acceptors (Lipinski definition) is 3. The monoisotopic (exact) mass is 428 g/mol. The Bertz CT molecular complexity index is 838. The Morgan fingerprint density at radius 2 is 1.75 bits per heavy atom. The highest BCUT2D eigenvalue weighted by molar-refractivity contribution is 8.00. The number of rotatable bonds is 4. The van der Waals surface area contributed by atoms with Gasteiger partial charge in [0.1, 0.15) is 0 Å². The van der Waals surface area contributed by atoms with E-state index in [0.717, 1.165) is 17.0 Å². The van der Waals surface area contributed by atoms with Crippen molar-refractivity contribution >= 4 is 35.0 Å². The van der Waals surface area contributed by atoms with Crippen LogP contribution < -0.4 is 4.90 Å². The number of alkyl halides is 3. The smallest absolute Gasteiger partial charge is 0.368 e. The zero-order chi connectivity index (χ0) is 20.3. The minimum Gasteiger partial charge on any atom is -0.368 e. The fraction of sp³-hybridized carbons (Fsp3) is 0.350. The molecule has 1 fully saturated rings. The molecule has 1 aliphatic rings. The van der Waals surface area contributed by atoms with E-state index in [1.54, 1.807) is 17.0 Å². The predicted octanol–water partition coefficient (Wildman–Crippen LogP) is 5.19. The van der Waals surface area contributed by atoms with Crippen molar-refractivity contribution in [1.29, 1.82) is 0 Å². The van der Waals surface area contributed by atoms with E-state index in [4.69, 9.17) is 11.6 Å². The lowest BCUT2D eigenvalue weighted by atomic mass is 10.1. The number of benzene rings is 2. The summed E-state index contributed by atoms with van der Waals surface area (Å²) in [6.45, 7) is 3.79. The molecule has 1 aliphatic heterocycles. The lowest BCUT2D eigenvalue weighted by Crippen LogP contribution is -2.50. The first-order chi connectivity index (χ1) is 13.3. The molecule has 1 amide bonds. The van der Waals surface area contributed by atoms with Crippen molar-refractivity contribution < 1.29 is 18.0 Å². The maximum atomic E-state index is 12.9. The highest BCUT2D eigenvalue weighted by atomic mass is 35.5. The number of halogens is 4. The van der Waals surface area contributed by atoms with Gasteiger partial charge in [-0.25, -0.2) is 0 Å². The van der Waals surface area contributed by atoms with Gasteiger partial charge in [0.2, 0.25) is 5.91 Å². The topological polar surface area (TPSA) is 23.6 Å². The fourth-order valence-electron chi connectivity index (χ4n) is 3.10. The van der Waals surface area contributed by atoms with Crippen molar-refractivity contribution in [3.8, 4) is 0 Å². The van der Waals surface area contributed by atoms with E-state index >= 15 is 0 Å². The zero-order valence-corrected chi connectivity index (χ0v) is 16.8. The van der Waals surface area contributed by atoms with Crippen LogP contribution in [0.25, 0.3) is 0 Å². The van der Waals surface area contributed by atoms with Crippen LogP contribution in [0.4, 0.5) is 18.9 Å². The minimum absolute atomic E-state index is 0.00797. The molecular formula is C20H20ClF3N2OS. The summed E-state index contributed by atoms with van der Waals surface area (Å²) in [4.78, 5) is 17.2. The van der Waals surface area contributed by atoms with Gasteiger partial charge in [-0.05, 0) is 37.3 Å². The summed E-state index contributed by atoms with van der Waals surface area (Å²) >= 11 is 7.57. The largest absolute Gasteiger partial charge is 0.416 e. The molecule has 1 atom stereocenters. The van der Waals surface area contributed by atoms with Gasteiger partial charge in [-0.1, -0.05) is 29.8 Å². The average molecular weight is 429 g/mol. The quantitative estimate of drug-likeness (QED) is 0.626. The average Bonchev–Trinajstić information content (AvgIpc) is 2.69. The number of hydrogen-bond donors (Lipinski definition) is 0. The summed E-state index contributed by atoms with van der Waals surface area (Å²) in [5.41, 5.74) is -0.131. The van der Waals surface area contributed by atoms with E-state index in [1.807, 2.05) is 30.0 Å². The Morgan fingerprint density at radius 3 is 2.39 bits per heavy atom. The van der Waals surface area contributed by atoms with Gasteiger partial charge in [0.05, 0.1) is 15.8 Å². The number of amides is 1. The van der Waals surface area contributed by atoms with Gasteiger partial charge < -0.3 is 9.80 Å². The molecule has 0 aliphatic carbocycles. The van der Waals surface area contributed by atoms with Crippen molar-refractivity contribution in [3.05, 3.63) is 59.1 Å². The number of piperazine rings is 1. The van der Waals surface area contributed by atoms with Crippen molar-refractivity contribution in [1.82, 2.24) is 4.90 Å². The fourth-order valence-corrected chi connectivity index (χ4v) is 4.34. The summed E-state index contributed by atoms with van der Waals surface area (Å²) in [6.07, 6.45) is -4.36. The van der Waals surface area contributed by atoms with Gasteiger partial charge >= 0.3 is 6.18 Å². The lowest BCUT2D eigenvalue weighted by molar-refractivity contribution is -0.137. The van der Waals surface area contributed by atoms with Gasteiger partial charge in [-0.2, -0.15) is 13.2 Å². The number of carbonyl (C=O) groups excluding carboxylic acids is 1. The SMILES string of the molecule is CC(Sc1ccccc1Cl)C(=O)N1CCN(c2cccc(C(F)(F)F)c2)CC1. The van der Waals surface area contributed by atoms with Crippen molar-refractivity contribution in [2.24, 2.45) is 0 Å². The maximum Gasteiger partial charge on any atom is 0.416 e. The van der Waals surface area contributed by atoms with Crippen LogP contribution in [0.2, 0.25) is 5.02 Å². The van der Waals surface area contributed by atoms with Crippen LogP contribution in [-0.4, -0.2) is 42.2 Å². The van der Waals surface area contributed by atoms with Gasteiger partial charge in [-0.15, -0.1) is 11.8 Å². The second kappa shape index (κ2) is 8.66. The van der Waals surface area contributed by atoms with Crippen LogP contribution in [0.1, 0.15) is 12.5 Å². The highest BCUT2D eigenvalue weighted by Crippen LogP contribution is 2.33. The van der Waals surface area contributed by atoms with E-state index in [9.17, 15) is 18.0 Å². The molecule has 0 spiro atoms. The number of carbonyl (C=O) groups is 1. The number of nitrogens with zero attached hydrogens (tertiary/aromatic N) is 2. The molecule has 3 nitrogen and oxygen atoms in total. The molecule has 3 rings (SSSR count). The Morgan fingerprint density at radius 1 is 1.07 bits per heavy atom. The summed E-state index contributed by atoms with van der Waals surface area (Å²) < 4.78 is 38.7. The maximum absolute atomic E-state index is 12.9. The molecule has 8 heteroatoms. The van der Waals surface area contributed by atoms with Crippen LogP contribution in [0, 0.1) is 0 Å². The van der Waals surface area contributed by atoms with Gasteiger partial charge in [-0.3, -0.25) is 4.79 Å². The molecule has 0 bridgehead atoms. The predicted molar refractivity (Wildman–Crippen MR) is 107 cm³/mol. The third kappa shape index (κ3) is 4.94. The van der Waals surface area contributed by atoms with Crippen molar-refractivity contribution in [2.75, 3.05) is 31.1 Å². The first-order valence-corrected chi connectivity index (χ1v) is 10.1. The van der Waals surface area contributed by atoms with E-state index < -0.39 is 11.7 Å². The summed E-state index contributed by atoms with van der Waals surface area (Å²) in [6, 6.07) is 12.7. The van der Waals surface area contributed by atoms with Crippen LogP contribution in [0.15, 0.2) is 53.4 Å². The summed E-state index contributed by atoms with van der Waals surface area (Å²) in [5.74, 6) is 0.00797. The van der Waals surface area contributed by atoms with Crippen molar-refractivity contribution in [3.63, 3.8) is 0 Å². The molecule has 2 aromatic carbocycles. The Hall–Kier alpha value is -1.86. The lowest BCUT2D eigenvalue weighted by Gasteiger charge is -2.37. The molecule has 2 aromatic rings. The second-order valence-corrected chi connectivity index (χ2v) is 8.34. The van der Waals surface area contributed by atoms with Gasteiger partial charge in [0.25, 0.3) is 0 Å². The first-order valence-electron chi connectivity index (χ1n) is 8.88. The molecule has 150 valence electrons. The van der Waals surface area contributed by atoms with Crippen molar-refractivity contribution in [2.45, 2.75) is 23.2 Å². The molecule has 1 unspecified atom stereocenters. The third-order valence-corrected chi connectivity index (χ3v) is 6.22. The van der Waals surface area contributed by atoms with E-state index in [-0.39, 0.29) is 11.2 Å². The molecular weight excluding hydrogens is 409 g/mol. The Kier molecular flexibility index (Phi) is 6.45. The molecule has 28 heavy (non-hydrogen) atoms. The highest BCUT2D eigenvalue weighted by Gasteiger charge is 2.31. The summed E-state index contributed by atoms with van der Waals surface area (Å²) in [5, 5.41) is 0.321. The van der Waals surface area contributed by atoms with Crippen LogP contribution >= 0.6 is 23.4 Å². The zero-order valence-electron chi connectivity index (χ0n) is 15.2. The molecule has 0 aromatic heterocycles. The number of anilines is 1. The van der Waals surface area contributed by atoms with Crippen LogP contribution in [-0.2, 0) is 11.0 Å². The second-order valence-electron chi connectivity index (χ2n) is 6.55. The van der Waals surface area contributed by atoms with Crippen LogP contribution in [0.3, 0.4) is 0 Å². The van der Waals surface area contributed by atoms with E-state index in [1.165, 1.54) is 17.8 Å². The Balaban J connectivity index is 1.59.